The topological polar surface area (TPSA) is 79.2 Å². The first-order valence-corrected chi connectivity index (χ1v) is 11.0. The van der Waals surface area contributed by atoms with Gasteiger partial charge in [-0.15, -0.1) is 11.3 Å². The van der Waals surface area contributed by atoms with Crippen LogP contribution in [0.2, 0.25) is 0 Å². The number of nitrogens with zero attached hydrogens (tertiary/aromatic N) is 1. The second kappa shape index (κ2) is 7.89. The summed E-state index contributed by atoms with van der Waals surface area (Å²) in [6.07, 6.45) is 0.662. The summed E-state index contributed by atoms with van der Waals surface area (Å²) in [6, 6.07) is 13.8. The quantitative estimate of drug-likeness (QED) is 0.848. The molecular weight excluding hydrogens is 368 g/mol. The van der Waals surface area contributed by atoms with Crippen LogP contribution in [-0.2, 0) is 14.8 Å². The van der Waals surface area contributed by atoms with E-state index >= 15 is 0 Å². The number of thiophene rings is 1. The van der Waals surface area contributed by atoms with Gasteiger partial charge in [-0.05, 0) is 43.5 Å². The Kier molecular flexibility index (Phi) is 5.78. The molecule has 0 amide bonds. The largest absolute Gasteiger partial charge is 0.381 e. The molecule has 0 unspecified atom stereocenters. The highest BCUT2D eigenvalue weighted by Crippen LogP contribution is 2.31. The van der Waals surface area contributed by atoms with Gasteiger partial charge in [0.2, 0.25) is 10.0 Å². The highest BCUT2D eigenvalue weighted by atomic mass is 32.2. The molecule has 0 aliphatic carbocycles. The first-order chi connectivity index (χ1) is 12.4. The third kappa shape index (κ3) is 4.15. The summed E-state index contributed by atoms with van der Waals surface area (Å²) >= 11 is 1.46. The van der Waals surface area contributed by atoms with E-state index < -0.39 is 15.3 Å². The number of nitrogens with one attached hydrogen (secondary N) is 1. The van der Waals surface area contributed by atoms with Crippen molar-refractivity contribution in [1.82, 2.24) is 4.72 Å². The maximum absolute atomic E-state index is 12.3. The van der Waals surface area contributed by atoms with Gasteiger partial charge in [-0.2, -0.15) is 5.26 Å². The minimum atomic E-state index is -3.32. The summed E-state index contributed by atoms with van der Waals surface area (Å²) in [6.45, 7) is 4.43. The van der Waals surface area contributed by atoms with Crippen LogP contribution in [0.15, 0.2) is 36.4 Å². The van der Waals surface area contributed by atoms with Gasteiger partial charge < -0.3 is 4.74 Å². The zero-order chi connectivity index (χ0) is 18.7. The summed E-state index contributed by atoms with van der Waals surface area (Å²) in [5.74, 6) is -0.00988. The van der Waals surface area contributed by atoms with Crippen LogP contribution < -0.4 is 4.72 Å². The molecule has 1 aromatic heterocycles. The van der Waals surface area contributed by atoms with Gasteiger partial charge in [-0.25, -0.2) is 13.1 Å². The number of hydrogen-bond donors (Lipinski definition) is 1. The SMILES string of the molecule is CC(C)S(=O)(=O)N[C@H]1CCOC[C@H]1c1ccc(-c2ccc(C#N)s2)cc1. The number of hydrogen-bond acceptors (Lipinski definition) is 5. The van der Waals surface area contributed by atoms with Crippen molar-refractivity contribution in [2.24, 2.45) is 0 Å². The summed E-state index contributed by atoms with van der Waals surface area (Å²) in [5.41, 5.74) is 2.11. The molecule has 0 spiro atoms. The number of benzene rings is 1. The molecule has 1 aliphatic heterocycles. The molecule has 0 bridgehead atoms. The Hall–Kier alpha value is -1.72. The molecule has 3 rings (SSSR count). The van der Waals surface area contributed by atoms with Gasteiger partial charge in [0.15, 0.2) is 0 Å². The molecule has 26 heavy (non-hydrogen) atoms. The molecule has 2 heterocycles. The first-order valence-electron chi connectivity index (χ1n) is 8.60. The Morgan fingerprint density at radius 2 is 1.96 bits per heavy atom. The molecule has 0 radical (unpaired) electrons. The second-order valence-electron chi connectivity index (χ2n) is 6.69. The van der Waals surface area contributed by atoms with E-state index in [1.165, 1.54) is 11.3 Å². The Labute approximate surface area is 158 Å². The Morgan fingerprint density at radius 3 is 2.58 bits per heavy atom. The van der Waals surface area contributed by atoms with Crippen molar-refractivity contribution < 1.29 is 13.2 Å². The Bertz CT molecular complexity index is 896. The Balaban J connectivity index is 1.81. The minimum absolute atomic E-state index is 0.00988. The van der Waals surface area contributed by atoms with Crippen LogP contribution in [0.3, 0.4) is 0 Å². The van der Waals surface area contributed by atoms with E-state index in [1.807, 2.05) is 36.4 Å². The molecular formula is C19H22N2O3S2. The molecule has 1 aliphatic rings. The van der Waals surface area contributed by atoms with E-state index in [1.54, 1.807) is 13.8 Å². The van der Waals surface area contributed by atoms with Gasteiger partial charge in [0.1, 0.15) is 10.9 Å². The molecule has 1 saturated heterocycles. The molecule has 2 aromatic rings. The van der Waals surface area contributed by atoms with Crippen LogP contribution in [0, 0.1) is 11.3 Å². The van der Waals surface area contributed by atoms with Crippen molar-refractivity contribution in [3.63, 3.8) is 0 Å². The highest BCUT2D eigenvalue weighted by molar-refractivity contribution is 7.90. The van der Waals surface area contributed by atoms with E-state index in [0.717, 1.165) is 16.0 Å². The van der Waals surface area contributed by atoms with Crippen LogP contribution >= 0.6 is 11.3 Å². The third-order valence-electron chi connectivity index (χ3n) is 4.63. The van der Waals surface area contributed by atoms with Crippen molar-refractivity contribution in [1.29, 1.82) is 5.26 Å². The number of sulfonamides is 1. The van der Waals surface area contributed by atoms with Crippen molar-refractivity contribution in [2.75, 3.05) is 13.2 Å². The van der Waals surface area contributed by atoms with Gasteiger partial charge in [-0.3, -0.25) is 0 Å². The fraction of sp³-hybridized carbons (Fsp3) is 0.421. The zero-order valence-corrected chi connectivity index (χ0v) is 16.4. The molecule has 1 fully saturated rings. The van der Waals surface area contributed by atoms with E-state index in [9.17, 15) is 8.42 Å². The highest BCUT2D eigenvalue weighted by Gasteiger charge is 2.31. The maximum atomic E-state index is 12.3. The third-order valence-corrected chi connectivity index (χ3v) is 7.54. The van der Waals surface area contributed by atoms with Gasteiger partial charge in [-0.1, -0.05) is 24.3 Å². The lowest BCUT2D eigenvalue weighted by molar-refractivity contribution is 0.0653. The van der Waals surface area contributed by atoms with Crippen molar-refractivity contribution in [2.45, 2.75) is 37.5 Å². The van der Waals surface area contributed by atoms with E-state index in [4.69, 9.17) is 10.00 Å². The van der Waals surface area contributed by atoms with Crippen LogP contribution in [0.5, 0.6) is 0 Å². The molecule has 7 heteroatoms. The minimum Gasteiger partial charge on any atom is -0.381 e. The fourth-order valence-electron chi connectivity index (χ4n) is 3.00. The average Bonchev–Trinajstić information content (AvgIpc) is 3.11. The standard InChI is InChI=1S/C19H22N2O3S2/c1-13(2)26(22,23)21-18-9-10-24-12-17(18)14-3-5-15(6-4-14)19-8-7-16(11-20)25-19/h3-8,13,17-18,21H,9-10,12H2,1-2H3/t17-,18-/m0/s1. The lowest BCUT2D eigenvalue weighted by Gasteiger charge is -2.33. The van der Waals surface area contributed by atoms with Gasteiger partial charge in [0, 0.05) is 23.4 Å². The average molecular weight is 391 g/mol. The number of nitriles is 1. The van der Waals surface area contributed by atoms with Crippen molar-refractivity contribution in [3.8, 4) is 16.5 Å². The first kappa shape index (κ1) is 19.1. The normalized spacial score (nSPS) is 20.8. The van der Waals surface area contributed by atoms with Crippen molar-refractivity contribution >= 4 is 21.4 Å². The molecule has 138 valence electrons. The summed E-state index contributed by atoms with van der Waals surface area (Å²) in [5, 5.41) is 8.51. The second-order valence-corrected chi connectivity index (χ2v) is 10.0. The fourth-order valence-corrected chi connectivity index (χ4v) is 4.79. The van der Waals surface area contributed by atoms with Gasteiger partial charge in [0.25, 0.3) is 0 Å². The monoisotopic (exact) mass is 390 g/mol. The summed E-state index contributed by atoms with van der Waals surface area (Å²) in [7, 11) is -3.32. The smallest absolute Gasteiger partial charge is 0.214 e. The maximum Gasteiger partial charge on any atom is 0.214 e. The predicted octanol–water partition coefficient (Wildman–Crippen LogP) is 3.49. The summed E-state index contributed by atoms with van der Waals surface area (Å²) in [4.78, 5) is 1.73. The van der Waals surface area contributed by atoms with Gasteiger partial charge >= 0.3 is 0 Å². The molecule has 1 aromatic carbocycles. The van der Waals surface area contributed by atoms with E-state index in [0.29, 0.717) is 24.5 Å². The number of ether oxygens (including phenoxy) is 1. The van der Waals surface area contributed by atoms with E-state index in [-0.39, 0.29) is 12.0 Å². The summed E-state index contributed by atoms with van der Waals surface area (Å²) < 4.78 is 33.0. The molecule has 5 nitrogen and oxygen atoms in total. The van der Waals surface area contributed by atoms with Crippen LogP contribution in [0.1, 0.15) is 36.6 Å². The zero-order valence-electron chi connectivity index (χ0n) is 14.8. The van der Waals surface area contributed by atoms with Gasteiger partial charge in [0.05, 0.1) is 11.9 Å². The molecule has 1 N–H and O–H groups in total. The van der Waals surface area contributed by atoms with Crippen LogP contribution in [0.4, 0.5) is 0 Å². The Morgan fingerprint density at radius 1 is 1.23 bits per heavy atom. The predicted molar refractivity (Wildman–Crippen MR) is 104 cm³/mol. The molecule has 2 atom stereocenters. The van der Waals surface area contributed by atoms with Crippen molar-refractivity contribution in [3.05, 3.63) is 46.8 Å². The van der Waals surface area contributed by atoms with Crippen LogP contribution in [0.25, 0.3) is 10.4 Å². The lowest BCUT2D eigenvalue weighted by atomic mass is 9.89. The molecule has 0 saturated carbocycles. The van der Waals surface area contributed by atoms with E-state index in [2.05, 4.69) is 10.8 Å². The number of rotatable bonds is 5. The lowest BCUT2D eigenvalue weighted by Crippen LogP contribution is -2.46. The van der Waals surface area contributed by atoms with Crippen LogP contribution in [-0.4, -0.2) is 32.9 Å².